The monoisotopic (exact) mass is 229 g/mol. The minimum absolute atomic E-state index is 0.741. The van der Waals surface area contributed by atoms with Gasteiger partial charge in [0.2, 0.25) is 0 Å². The minimum atomic E-state index is -1.09. The second-order valence-corrected chi connectivity index (χ2v) is 3.54. The zero-order valence-corrected chi connectivity index (χ0v) is 9.21. The average molecular weight is 229 g/mol. The number of hydrogen-bond donors (Lipinski definition) is 2. The molecule has 1 heterocycles. The number of carboxylic acid groups (broad SMARTS) is 1. The molecule has 0 bridgehead atoms. The van der Waals surface area contributed by atoms with Crippen LogP contribution in [0.4, 0.5) is 5.69 Å². The van der Waals surface area contributed by atoms with E-state index in [4.69, 9.17) is 5.11 Å². The van der Waals surface area contributed by atoms with E-state index in [1.54, 1.807) is 0 Å². The van der Waals surface area contributed by atoms with E-state index < -0.39 is 5.97 Å². The highest BCUT2D eigenvalue weighted by Gasteiger charge is 2.02. The van der Waals surface area contributed by atoms with Gasteiger partial charge >= 0.3 is 5.97 Å². The standard InChI is InChI=1S/C12H11N3O2/c1-8-6-11(15-13-7-12(16)17)9-4-2-3-5-10(9)14-8/h2-7H,1H3,(H,14,15)(H,16,17)/b13-7+. The summed E-state index contributed by atoms with van der Waals surface area (Å²) in [5.41, 5.74) is 5.14. The largest absolute Gasteiger partial charge is 0.477 e. The second-order valence-electron chi connectivity index (χ2n) is 3.54. The van der Waals surface area contributed by atoms with Gasteiger partial charge in [0.1, 0.15) is 6.21 Å². The van der Waals surface area contributed by atoms with E-state index in [2.05, 4.69) is 15.5 Å². The molecule has 5 nitrogen and oxygen atoms in total. The van der Waals surface area contributed by atoms with Crippen molar-refractivity contribution >= 4 is 28.8 Å². The molecular weight excluding hydrogens is 218 g/mol. The summed E-state index contributed by atoms with van der Waals surface area (Å²) in [4.78, 5) is 14.7. The highest BCUT2D eigenvalue weighted by atomic mass is 16.4. The maximum Gasteiger partial charge on any atom is 0.348 e. The van der Waals surface area contributed by atoms with E-state index in [-0.39, 0.29) is 0 Å². The average Bonchev–Trinajstić information content (AvgIpc) is 2.28. The van der Waals surface area contributed by atoms with Crippen LogP contribution >= 0.6 is 0 Å². The number of anilines is 1. The molecule has 5 heteroatoms. The number of nitrogens with one attached hydrogen (secondary N) is 1. The van der Waals surface area contributed by atoms with Crippen LogP contribution in [0.2, 0.25) is 0 Å². The molecule has 0 fully saturated rings. The number of nitrogens with zero attached hydrogens (tertiary/aromatic N) is 2. The van der Waals surface area contributed by atoms with Crippen molar-refractivity contribution < 1.29 is 9.90 Å². The zero-order valence-electron chi connectivity index (χ0n) is 9.21. The Morgan fingerprint density at radius 3 is 3.00 bits per heavy atom. The molecule has 0 aliphatic rings. The molecule has 1 aromatic heterocycles. The van der Waals surface area contributed by atoms with E-state index in [1.807, 2.05) is 37.3 Å². The van der Waals surface area contributed by atoms with Crippen LogP contribution in [0.1, 0.15) is 5.69 Å². The lowest BCUT2D eigenvalue weighted by molar-refractivity contribution is -0.128. The molecule has 0 spiro atoms. The van der Waals surface area contributed by atoms with Gasteiger partial charge in [0.15, 0.2) is 0 Å². The molecule has 0 atom stereocenters. The summed E-state index contributed by atoms with van der Waals surface area (Å²) in [6, 6.07) is 9.42. The maximum absolute atomic E-state index is 10.3. The van der Waals surface area contributed by atoms with E-state index in [9.17, 15) is 4.79 Å². The first kappa shape index (κ1) is 11.1. The van der Waals surface area contributed by atoms with E-state index in [0.29, 0.717) is 0 Å². The third kappa shape index (κ3) is 2.57. The van der Waals surface area contributed by atoms with Crippen LogP contribution in [-0.2, 0) is 4.79 Å². The quantitative estimate of drug-likeness (QED) is 0.623. The van der Waals surface area contributed by atoms with E-state index in [1.165, 1.54) is 0 Å². The van der Waals surface area contributed by atoms with Gasteiger partial charge in [-0.25, -0.2) is 4.79 Å². The number of para-hydroxylation sites is 1. The van der Waals surface area contributed by atoms with Gasteiger partial charge in [-0.1, -0.05) is 18.2 Å². The molecule has 17 heavy (non-hydrogen) atoms. The van der Waals surface area contributed by atoms with Gasteiger partial charge in [-0.3, -0.25) is 10.4 Å². The SMILES string of the molecule is Cc1cc(N/N=C/C(=O)O)c2ccccc2n1. The lowest BCUT2D eigenvalue weighted by Crippen LogP contribution is -1.99. The van der Waals surface area contributed by atoms with Crippen molar-refractivity contribution in [3.05, 3.63) is 36.0 Å². The number of rotatable bonds is 3. The number of aromatic nitrogens is 1. The van der Waals surface area contributed by atoms with Crippen molar-refractivity contribution in [3.8, 4) is 0 Å². The first-order chi connectivity index (χ1) is 8.16. The number of carbonyl (C=O) groups is 1. The smallest absolute Gasteiger partial charge is 0.348 e. The van der Waals surface area contributed by atoms with Crippen molar-refractivity contribution in [1.82, 2.24) is 4.98 Å². The van der Waals surface area contributed by atoms with Crippen LogP contribution < -0.4 is 5.43 Å². The fourth-order valence-electron chi connectivity index (χ4n) is 1.56. The minimum Gasteiger partial charge on any atom is -0.477 e. The Morgan fingerprint density at radius 2 is 2.24 bits per heavy atom. The predicted molar refractivity (Wildman–Crippen MR) is 66.2 cm³/mol. The molecule has 0 saturated heterocycles. The van der Waals surface area contributed by atoms with Gasteiger partial charge < -0.3 is 5.11 Å². The van der Waals surface area contributed by atoms with Crippen LogP contribution in [0.15, 0.2) is 35.4 Å². The summed E-state index contributed by atoms with van der Waals surface area (Å²) in [5.74, 6) is -1.09. The number of fused-ring (bicyclic) bond motifs is 1. The lowest BCUT2D eigenvalue weighted by Gasteiger charge is -2.06. The van der Waals surface area contributed by atoms with Crippen LogP contribution in [0.5, 0.6) is 0 Å². The van der Waals surface area contributed by atoms with Gasteiger partial charge in [0.25, 0.3) is 0 Å². The topological polar surface area (TPSA) is 74.6 Å². The van der Waals surface area contributed by atoms with Crippen molar-refractivity contribution in [2.24, 2.45) is 5.10 Å². The van der Waals surface area contributed by atoms with E-state index in [0.717, 1.165) is 28.5 Å². The fourth-order valence-corrected chi connectivity index (χ4v) is 1.56. The van der Waals surface area contributed by atoms with Crippen LogP contribution in [-0.4, -0.2) is 22.3 Å². The zero-order chi connectivity index (χ0) is 12.3. The summed E-state index contributed by atoms with van der Waals surface area (Å²) in [6.45, 7) is 1.87. The van der Waals surface area contributed by atoms with Crippen molar-refractivity contribution in [2.75, 3.05) is 5.43 Å². The number of aliphatic carboxylic acids is 1. The molecule has 0 saturated carbocycles. The second kappa shape index (κ2) is 4.61. The molecular formula is C12H11N3O2. The molecule has 2 rings (SSSR count). The number of benzene rings is 1. The van der Waals surface area contributed by atoms with Gasteiger partial charge in [-0.15, -0.1) is 0 Å². The molecule has 0 aliphatic heterocycles. The summed E-state index contributed by atoms with van der Waals surface area (Å²) in [5, 5.41) is 13.0. The van der Waals surface area contributed by atoms with Gasteiger partial charge in [0.05, 0.1) is 11.2 Å². The highest BCUT2D eigenvalue weighted by molar-refractivity contribution is 6.22. The number of carboxylic acids is 1. The van der Waals surface area contributed by atoms with Crippen molar-refractivity contribution in [2.45, 2.75) is 6.92 Å². The molecule has 1 aromatic carbocycles. The summed E-state index contributed by atoms with van der Waals surface area (Å²) in [7, 11) is 0. The Balaban J connectivity index is 2.42. The van der Waals surface area contributed by atoms with Crippen LogP contribution in [0, 0.1) is 6.92 Å². The number of aryl methyl sites for hydroxylation is 1. The van der Waals surface area contributed by atoms with E-state index >= 15 is 0 Å². The molecule has 0 radical (unpaired) electrons. The summed E-state index contributed by atoms with van der Waals surface area (Å²) in [6.07, 6.45) is 0.810. The predicted octanol–water partition coefficient (Wildman–Crippen LogP) is 2.03. The Bertz CT molecular complexity index is 593. The first-order valence-corrected chi connectivity index (χ1v) is 5.05. The highest BCUT2D eigenvalue weighted by Crippen LogP contribution is 2.22. The van der Waals surface area contributed by atoms with Crippen molar-refractivity contribution in [1.29, 1.82) is 0 Å². The number of pyridine rings is 1. The molecule has 2 aromatic rings. The maximum atomic E-state index is 10.3. The number of hydrazone groups is 1. The molecule has 86 valence electrons. The van der Waals surface area contributed by atoms with Gasteiger partial charge in [0, 0.05) is 11.1 Å². The lowest BCUT2D eigenvalue weighted by atomic mass is 10.1. The molecule has 0 aliphatic carbocycles. The third-order valence-electron chi connectivity index (χ3n) is 2.20. The Hall–Kier alpha value is -2.43. The molecule has 2 N–H and O–H groups in total. The Labute approximate surface area is 97.8 Å². The van der Waals surface area contributed by atoms with Crippen molar-refractivity contribution in [3.63, 3.8) is 0 Å². The molecule has 0 amide bonds. The molecule has 0 unspecified atom stereocenters. The summed E-state index contributed by atoms with van der Waals surface area (Å²) >= 11 is 0. The first-order valence-electron chi connectivity index (χ1n) is 5.05. The number of hydrogen-bond acceptors (Lipinski definition) is 4. The van der Waals surface area contributed by atoms with Gasteiger partial charge in [-0.2, -0.15) is 5.10 Å². The summed E-state index contributed by atoms with van der Waals surface area (Å²) < 4.78 is 0. The third-order valence-corrected chi connectivity index (χ3v) is 2.20. The van der Waals surface area contributed by atoms with Crippen LogP contribution in [0.3, 0.4) is 0 Å². The fraction of sp³-hybridized carbons (Fsp3) is 0.0833. The van der Waals surface area contributed by atoms with Gasteiger partial charge in [-0.05, 0) is 19.1 Å². The normalized spacial score (nSPS) is 10.9. The van der Waals surface area contributed by atoms with Crippen LogP contribution in [0.25, 0.3) is 10.9 Å². The Morgan fingerprint density at radius 1 is 1.47 bits per heavy atom. The Kier molecular flexibility index (Phi) is 3.00.